The normalized spacial score (nSPS) is 23.7. The van der Waals surface area contributed by atoms with E-state index in [0.717, 1.165) is 50.6 Å². The molecule has 0 spiro atoms. The molecule has 33 heavy (non-hydrogen) atoms. The van der Waals surface area contributed by atoms with Gasteiger partial charge in [-0.2, -0.15) is 0 Å². The first-order chi connectivity index (χ1) is 16.1. The standard InChI is InChI=1S/C28H38N2O3/c1-4-28(5-2,32-3)25-17-12-20-29(25)30-24(19-18-22-13-8-6-9-14-22)26(27(30)31)33-21-23-15-10-7-11-16-23/h6-11,13-16,24-26H,4-5,12,17-21H2,1-3H3/t24-,25-,26+/m0/s1. The van der Waals surface area contributed by atoms with Crippen LogP contribution in [0.3, 0.4) is 0 Å². The lowest BCUT2D eigenvalue weighted by molar-refractivity contribution is -0.229. The maximum Gasteiger partial charge on any atom is 0.268 e. The Morgan fingerprint density at radius 2 is 1.61 bits per heavy atom. The summed E-state index contributed by atoms with van der Waals surface area (Å²) in [6.45, 7) is 5.75. The predicted molar refractivity (Wildman–Crippen MR) is 130 cm³/mol. The van der Waals surface area contributed by atoms with Gasteiger partial charge in [-0.1, -0.05) is 74.5 Å². The first-order valence-corrected chi connectivity index (χ1v) is 12.5. The van der Waals surface area contributed by atoms with E-state index >= 15 is 0 Å². The van der Waals surface area contributed by atoms with Crippen molar-refractivity contribution in [2.45, 2.75) is 82.8 Å². The molecule has 5 heteroatoms. The van der Waals surface area contributed by atoms with Crippen molar-refractivity contribution in [3.8, 4) is 0 Å². The van der Waals surface area contributed by atoms with Gasteiger partial charge in [0.15, 0.2) is 6.10 Å². The van der Waals surface area contributed by atoms with Crippen LogP contribution in [-0.4, -0.2) is 53.4 Å². The maximum atomic E-state index is 13.4. The SMILES string of the molecule is CCC(CC)(OC)[C@@H]1CCCN1N1C(=O)[C@H](OCc2ccccc2)[C@@H]1CCc1ccccc1. The van der Waals surface area contributed by atoms with Crippen molar-refractivity contribution < 1.29 is 14.3 Å². The van der Waals surface area contributed by atoms with Crippen LogP contribution < -0.4 is 0 Å². The Hall–Kier alpha value is -2.21. The highest BCUT2D eigenvalue weighted by Crippen LogP contribution is 2.40. The molecule has 1 amide bonds. The minimum absolute atomic E-state index is 0.0466. The number of aryl methyl sites for hydroxylation is 1. The summed E-state index contributed by atoms with van der Waals surface area (Å²) in [5.74, 6) is 0.0908. The zero-order valence-electron chi connectivity index (χ0n) is 20.3. The molecule has 2 aliphatic heterocycles. The van der Waals surface area contributed by atoms with Gasteiger partial charge in [-0.15, -0.1) is 0 Å². The molecule has 2 aliphatic rings. The van der Waals surface area contributed by atoms with Crippen molar-refractivity contribution in [1.29, 1.82) is 0 Å². The summed E-state index contributed by atoms with van der Waals surface area (Å²) in [6.07, 6.45) is 5.43. The molecule has 2 saturated heterocycles. The van der Waals surface area contributed by atoms with Crippen molar-refractivity contribution in [1.82, 2.24) is 10.0 Å². The Bertz CT molecular complexity index is 876. The van der Waals surface area contributed by atoms with Gasteiger partial charge in [0.05, 0.1) is 24.3 Å². The molecular weight excluding hydrogens is 412 g/mol. The van der Waals surface area contributed by atoms with Gasteiger partial charge in [-0.3, -0.25) is 9.80 Å². The van der Waals surface area contributed by atoms with E-state index in [9.17, 15) is 4.79 Å². The topological polar surface area (TPSA) is 42.0 Å². The molecule has 2 fully saturated rings. The van der Waals surface area contributed by atoms with Crippen molar-refractivity contribution >= 4 is 5.91 Å². The fourth-order valence-electron chi connectivity index (χ4n) is 5.69. The monoisotopic (exact) mass is 450 g/mol. The summed E-state index contributed by atoms with van der Waals surface area (Å²) in [4.78, 5) is 13.4. The Labute approximate surface area is 198 Å². The van der Waals surface area contributed by atoms with E-state index in [1.165, 1.54) is 5.56 Å². The third kappa shape index (κ3) is 4.86. The minimum atomic E-state index is -0.393. The van der Waals surface area contributed by atoms with Gasteiger partial charge < -0.3 is 9.47 Å². The molecule has 178 valence electrons. The van der Waals surface area contributed by atoms with Crippen LogP contribution >= 0.6 is 0 Å². The van der Waals surface area contributed by atoms with Gasteiger partial charge in [-0.05, 0) is 49.7 Å². The second-order valence-corrected chi connectivity index (χ2v) is 9.29. The van der Waals surface area contributed by atoms with E-state index in [1.807, 2.05) is 48.5 Å². The summed E-state index contributed by atoms with van der Waals surface area (Å²) < 4.78 is 12.3. The molecule has 2 aromatic carbocycles. The molecule has 2 heterocycles. The summed E-state index contributed by atoms with van der Waals surface area (Å²) in [5.41, 5.74) is 2.17. The van der Waals surface area contributed by atoms with Crippen LogP contribution in [0.4, 0.5) is 0 Å². The fourth-order valence-corrected chi connectivity index (χ4v) is 5.69. The number of ether oxygens (including phenoxy) is 2. The number of hydrazine groups is 1. The quantitative estimate of drug-likeness (QED) is 0.452. The van der Waals surface area contributed by atoms with Gasteiger partial charge in [0, 0.05) is 13.7 Å². The smallest absolute Gasteiger partial charge is 0.268 e. The van der Waals surface area contributed by atoms with Crippen LogP contribution in [0.1, 0.15) is 57.1 Å². The Morgan fingerprint density at radius 1 is 0.970 bits per heavy atom. The van der Waals surface area contributed by atoms with Crippen LogP contribution in [0, 0.1) is 0 Å². The molecule has 0 bridgehead atoms. The largest absolute Gasteiger partial charge is 0.377 e. The second-order valence-electron chi connectivity index (χ2n) is 9.29. The number of amides is 1. The molecular formula is C28H38N2O3. The molecule has 2 aromatic rings. The molecule has 4 rings (SSSR count). The highest BCUT2D eigenvalue weighted by atomic mass is 16.5. The lowest BCUT2D eigenvalue weighted by Crippen LogP contribution is -2.73. The number of nitrogens with zero attached hydrogens (tertiary/aromatic N) is 2. The van der Waals surface area contributed by atoms with Crippen molar-refractivity contribution in [3.05, 3.63) is 71.8 Å². The molecule has 0 aliphatic carbocycles. The summed E-state index contributed by atoms with van der Waals surface area (Å²) >= 11 is 0. The van der Waals surface area contributed by atoms with Crippen molar-refractivity contribution in [2.24, 2.45) is 0 Å². The molecule has 0 aromatic heterocycles. The third-order valence-corrected chi connectivity index (χ3v) is 7.69. The summed E-state index contributed by atoms with van der Waals surface area (Å²) in [6, 6.07) is 20.9. The van der Waals surface area contributed by atoms with Crippen LogP contribution in [0.2, 0.25) is 0 Å². The van der Waals surface area contributed by atoms with Gasteiger partial charge in [0.1, 0.15) is 0 Å². The van der Waals surface area contributed by atoms with Crippen molar-refractivity contribution in [2.75, 3.05) is 13.7 Å². The molecule has 0 saturated carbocycles. The molecule has 5 nitrogen and oxygen atoms in total. The minimum Gasteiger partial charge on any atom is -0.377 e. The van der Waals surface area contributed by atoms with E-state index in [0.29, 0.717) is 6.61 Å². The lowest BCUT2D eigenvalue weighted by Gasteiger charge is -2.54. The van der Waals surface area contributed by atoms with Gasteiger partial charge in [0.25, 0.3) is 5.91 Å². The average molecular weight is 451 g/mol. The van der Waals surface area contributed by atoms with Gasteiger partial charge in [0.2, 0.25) is 0 Å². The predicted octanol–water partition coefficient (Wildman–Crippen LogP) is 5.00. The van der Waals surface area contributed by atoms with E-state index < -0.39 is 6.10 Å². The molecule has 3 atom stereocenters. The Balaban J connectivity index is 1.52. The number of carbonyl (C=O) groups is 1. The highest BCUT2D eigenvalue weighted by Gasteiger charge is 2.55. The number of carbonyl (C=O) groups excluding carboxylic acids is 1. The van der Waals surface area contributed by atoms with Crippen LogP contribution in [0.25, 0.3) is 0 Å². The summed E-state index contributed by atoms with van der Waals surface area (Å²) in [5, 5.41) is 4.34. The average Bonchev–Trinajstić information content (AvgIpc) is 3.34. The summed E-state index contributed by atoms with van der Waals surface area (Å²) in [7, 11) is 1.82. The van der Waals surface area contributed by atoms with Gasteiger partial charge in [-0.25, -0.2) is 5.01 Å². The zero-order chi connectivity index (χ0) is 23.3. The van der Waals surface area contributed by atoms with Crippen molar-refractivity contribution in [3.63, 3.8) is 0 Å². The van der Waals surface area contributed by atoms with Gasteiger partial charge >= 0.3 is 0 Å². The Kier molecular flexibility index (Phi) is 7.84. The maximum absolute atomic E-state index is 13.4. The van der Waals surface area contributed by atoms with E-state index in [2.05, 4.69) is 43.1 Å². The Morgan fingerprint density at radius 3 is 2.21 bits per heavy atom. The number of hydrogen-bond acceptors (Lipinski definition) is 4. The molecule has 0 unspecified atom stereocenters. The highest BCUT2D eigenvalue weighted by molar-refractivity contribution is 5.88. The van der Waals surface area contributed by atoms with E-state index in [-0.39, 0.29) is 23.6 Å². The van der Waals surface area contributed by atoms with Crippen LogP contribution in [0.15, 0.2) is 60.7 Å². The number of benzene rings is 2. The first kappa shape index (κ1) is 23.9. The number of methoxy groups -OCH3 is 1. The second kappa shape index (κ2) is 10.8. The van der Waals surface area contributed by atoms with Crippen LogP contribution in [-0.2, 0) is 27.3 Å². The number of rotatable bonds is 11. The molecule has 0 N–H and O–H groups in total. The molecule has 0 radical (unpaired) electrons. The fraction of sp³-hybridized carbons (Fsp3) is 0.536. The lowest BCUT2D eigenvalue weighted by atomic mass is 9.86. The number of β-lactam (4-membered cyclic amide) rings is 1. The van der Waals surface area contributed by atoms with Crippen LogP contribution in [0.5, 0.6) is 0 Å². The van der Waals surface area contributed by atoms with E-state index in [1.54, 1.807) is 0 Å². The number of hydrogen-bond donors (Lipinski definition) is 0. The first-order valence-electron chi connectivity index (χ1n) is 12.5. The van der Waals surface area contributed by atoms with E-state index in [4.69, 9.17) is 9.47 Å². The third-order valence-electron chi connectivity index (χ3n) is 7.69. The zero-order valence-corrected chi connectivity index (χ0v) is 20.3.